The minimum atomic E-state index is -0.215. The monoisotopic (exact) mass is 280 g/mol. The van der Waals surface area contributed by atoms with Crippen LogP contribution in [0.15, 0.2) is 60.8 Å². The third-order valence-electron chi connectivity index (χ3n) is 3.75. The Balaban J connectivity index is 1.95. The molecule has 0 aliphatic carbocycles. The maximum atomic E-state index is 13.0. The predicted molar refractivity (Wildman–Crippen MR) is 82.6 cm³/mol. The predicted octanol–water partition coefficient (Wildman–Crippen LogP) is 4.61. The molecule has 1 atom stereocenters. The fourth-order valence-electron chi connectivity index (χ4n) is 2.48. The molecule has 0 N–H and O–H groups in total. The van der Waals surface area contributed by atoms with Crippen molar-refractivity contribution in [3.8, 4) is 11.1 Å². The normalized spacial score (nSPS) is 12.3. The zero-order valence-electron chi connectivity index (χ0n) is 12.1. The van der Waals surface area contributed by atoms with Crippen LogP contribution >= 0.6 is 0 Å². The summed E-state index contributed by atoms with van der Waals surface area (Å²) in [5.74, 6) is -0.215. The fourth-order valence-corrected chi connectivity index (χ4v) is 2.48. The number of aryl methyl sites for hydroxylation is 1. The van der Waals surface area contributed by atoms with E-state index in [1.165, 1.54) is 12.1 Å². The maximum Gasteiger partial charge on any atom is 0.123 e. The molecule has 2 aromatic carbocycles. The van der Waals surface area contributed by atoms with Crippen LogP contribution in [-0.2, 0) is 0 Å². The molecule has 1 heterocycles. The molecular weight excluding hydrogens is 263 g/mol. The van der Waals surface area contributed by atoms with Gasteiger partial charge in [-0.05, 0) is 37.1 Å². The molecule has 0 aliphatic heterocycles. The Bertz CT molecular complexity index is 730. The largest absolute Gasteiger partial charge is 0.265 e. The van der Waals surface area contributed by atoms with Gasteiger partial charge < -0.3 is 0 Å². The molecule has 3 rings (SSSR count). The van der Waals surface area contributed by atoms with Crippen molar-refractivity contribution < 1.29 is 4.39 Å². The summed E-state index contributed by atoms with van der Waals surface area (Å²) in [6, 6.07) is 16.9. The minimum Gasteiger partial charge on any atom is -0.265 e. The fraction of sp³-hybridized carbons (Fsp3) is 0.167. The molecule has 2 nitrogen and oxygen atoms in total. The highest BCUT2D eigenvalue weighted by molar-refractivity contribution is 5.64. The molecule has 0 fully saturated rings. The van der Waals surface area contributed by atoms with Gasteiger partial charge in [-0.2, -0.15) is 5.10 Å². The van der Waals surface area contributed by atoms with Crippen LogP contribution in [0.25, 0.3) is 11.1 Å². The average molecular weight is 280 g/mol. The molecule has 0 aliphatic rings. The lowest BCUT2D eigenvalue weighted by molar-refractivity contribution is 0.558. The van der Waals surface area contributed by atoms with Crippen molar-refractivity contribution in [3.05, 3.63) is 77.9 Å². The Hall–Kier alpha value is -2.42. The van der Waals surface area contributed by atoms with Crippen LogP contribution in [0.2, 0.25) is 0 Å². The molecule has 1 aromatic heterocycles. The Morgan fingerprint density at radius 2 is 1.67 bits per heavy atom. The zero-order valence-corrected chi connectivity index (χ0v) is 12.1. The van der Waals surface area contributed by atoms with Gasteiger partial charge in [0, 0.05) is 11.8 Å². The van der Waals surface area contributed by atoms with Crippen molar-refractivity contribution in [2.24, 2.45) is 0 Å². The third-order valence-corrected chi connectivity index (χ3v) is 3.75. The van der Waals surface area contributed by atoms with Crippen LogP contribution < -0.4 is 0 Å². The van der Waals surface area contributed by atoms with Gasteiger partial charge in [-0.25, -0.2) is 4.39 Å². The lowest BCUT2D eigenvalue weighted by Crippen LogP contribution is -2.07. The third kappa shape index (κ3) is 2.72. The van der Waals surface area contributed by atoms with Crippen molar-refractivity contribution in [2.75, 3.05) is 0 Å². The van der Waals surface area contributed by atoms with E-state index in [0.717, 1.165) is 22.4 Å². The van der Waals surface area contributed by atoms with Crippen molar-refractivity contribution in [2.45, 2.75) is 19.9 Å². The SMILES string of the molecule is Cc1nn(C(C)c2ccc(F)cc2)cc1-c1ccccc1. The molecule has 0 radical (unpaired) electrons. The summed E-state index contributed by atoms with van der Waals surface area (Å²) in [6.45, 7) is 4.07. The molecule has 1 unspecified atom stereocenters. The summed E-state index contributed by atoms with van der Waals surface area (Å²) < 4.78 is 15.0. The molecule has 3 aromatic rings. The summed E-state index contributed by atoms with van der Waals surface area (Å²) in [7, 11) is 0. The van der Waals surface area contributed by atoms with Crippen LogP contribution in [0.3, 0.4) is 0 Å². The van der Waals surface area contributed by atoms with Gasteiger partial charge in [0.2, 0.25) is 0 Å². The van der Waals surface area contributed by atoms with Crippen molar-refractivity contribution >= 4 is 0 Å². The first kappa shape index (κ1) is 13.6. The standard InChI is InChI=1S/C18H17FN2/c1-13-18(16-6-4-3-5-7-16)12-21(20-13)14(2)15-8-10-17(19)11-9-15/h3-12,14H,1-2H3. The lowest BCUT2D eigenvalue weighted by atomic mass is 10.1. The Morgan fingerprint density at radius 3 is 2.33 bits per heavy atom. The van der Waals surface area contributed by atoms with E-state index in [1.807, 2.05) is 29.8 Å². The minimum absolute atomic E-state index is 0.0711. The molecule has 3 heteroatoms. The van der Waals surface area contributed by atoms with Gasteiger partial charge >= 0.3 is 0 Å². The summed E-state index contributed by atoms with van der Waals surface area (Å²) in [4.78, 5) is 0. The summed E-state index contributed by atoms with van der Waals surface area (Å²) in [5, 5.41) is 4.61. The molecular formula is C18H17FN2. The Kier molecular flexibility index (Phi) is 3.57. The van der Waals surface area contributed by atoms with E-state index < -0.39 is 0 Å². The van der Waals surface area contributed by atoms with E-state index in [2.05, 4.69) is 30.4 Å². The molecule has 0 saturated heterocycles. The first-order chi connectivity index (χ1) is 10.1. The number of aromatic nitrogens is 2. The van der Waals surface area contributed by atoms with E-state index in [1.54, 1.807) is 12.1 Å². The zero-order chi connectivity index (χ0) is 14.8. The lowest BCUT2D eigenvalue weighted by Gasteiger charge is -2.12. The number of nitrogens with zero attached hydrogens (tertiary/aromatic N) is 2. The van der Waals surface area contributed by atoms with Gasteiger partial charge in [0.25, 0.3) is 0 Å². The topological polar surface area (TPSA) is 17.8 Å². The van der Waals surface area contributed by atoms with E-state index >= 15 is 0 Å². The number of rotatable bonds is 3. The van der Waals surface area contributed by atoms with Gasteiger partial charge in [0.05, 0.1) is 11.7 Å². The van der Waals surface area contributed by atoms with Gasteiger partial charge in [-0.3, -0.25) is 4.68 Å². The first-order valence-corrected chi connectivity index (χ1v) is 7.02. The smallest absolute Gasteiger partial charge is 0.123 e. The van der Waals surface area contributed by atoms with Crippen LogP contribution in [0.4, 0.5) is 4.39 Å². The molecule has 21 heavy (non-hydrogen) atoms. The molecule has 0 spiro atoms. The summed E-state index contributed by atoms with van der Waals surface area (Å²) in [5.41, 5.74) is 4.32. The maximum absolute atomic E-state index is 13.0. The number of benzene rings is 2. The molecule has 0 amide bonds. The van der Waals surface area contributed by atoms with E-state index in [0.29, 0.717) is 0 Å². The summed E-state index contributed by atoms with van der Waals surface area (Å²) in [6.07, 6.45) is 2.05. The number of hydrogen-bond donors (Lipinski definition) is 0. The van der Waals surface area contributed by atoms with E-state index in [-0.39, 0.29) is 11.9 Å². The van der Waals surface area contributed by atoms with Gasteiger partial charge in [-0.15, -0.1) is 0 Å². The van der Waals surface area contributed by atoms with Crippen molar-refractivity contribution in [3.63, 3.8) is 0 Å². The van der Waals surface area contributed by atoms with Gasteiger partial charge in [-0.1, -0.05) is 42.5 Å². The van der Waals surface area contributed by atoms with Crippen LogP contribution in [0.1, 0.15) is 24.2 Å². The highest BCUT2D eigenvalue weighted by Gasteiger charge is 2.13. The quantitative estimate of drug-likeness (QED) is 0.685. The first-order valence-electron chi connectivity index (χ1n) is 7.02. The van der Waals surface area contributed by atoms with Crippen molar-refractivity contribution in [1.82, 2.24) is 9.78 Å². The number of hydrogen-bond acceptors (Lipinski definition) is 1. The van der Waals surface area contributed by atoms with Crippen LogP contribution in [-0.4, -0.2) is 9.78 Å². The van der Waals surface area contributed by atoms with Gasteiger partial charge in [0.15, 0.2) is 0 Å². The molecule has 106 valence electrons. The highest BCUT2D eigenvalue weighted by Crippen LogP contribution is 2.25. The van der Waals surface area contributed by atoms with Gasteiger partial charge in [0.1, 0.15) is 5.82 Å². The second kappa shape index (κ2) is 5.52. The summed E-state index contributed by atoms with van der Waals surface area (Å²) >= 11 is 0. The second-order valence-corrected chi connectivity index (χ2v) is 5.20. The number of halogens is 1. The van der Waals surface area contributed by atoms with Crippen LogP contribution in [0.5, 0.6) is 0 Å². The highest BCUT2D eigenvalue weighted by atomic mass is 19.1. The average Bonchev–Trinajstić information content (AvgIpc) is 2.90. The van der Waals surface area contributed by atoms with Crippen LogP contribution in [0, 0.1) is 12.7 Å². The van der Waals surface area contributed by atoms with E-state index in [4.69, 9.17) is 0 Å². The van der Waals surface area contributed by atoms with E-state index in [9.17, 15) is 4.39 Å². The Labute approximate surface area is 123 Å². The van der Waals surface area contributed by atoms with Crippen molar-refractivity contribution in [1.29, 1.82) is 0 Å². The molecule has 0 bridgehead atoms. The Morgan fingerprint density at radius 1 is 1.00 bits per heavy atom. The molecule has 0 saturated carbocycles. The second-order valence-electron chi connectivity index (χ2n) is 5.20.